The van der Waals surface area contributed by atoms with E-state index in [9.17, 15) is 0 Å². The van der Waals surface area contributed by atoms with Crippen LogP contribution in [0.3, 0.4) is 0 Å². The van der Waals surface area contributed by atoms with Crippen LogP contribution in [0.2, 0.25) is 0 Å². The molecule has 2 aromatic carbocycles. The Morgan fingerprint density at radius 1 is 1.00 bits per heavy atom. The molecule has 0 fully saturated rings. The number of nitrogens with one attached hydrogen (secondary N) is 1. The molecule has 0 amide bonds. The molecular weight excluding hydrogens is 236 g/mol. The molecule has 0 bridgehead atoms. The van der Waals surface area contributed by atoms with Gasteiger partial charge in [-0.05, 0) is 48.9 Å². The molecule has 0 aliphatic heterocycles. The summed E-state index contributed by atoms with van der Waals surface area (Å²) in [4.78, 5) is 0. The highest BCUT2D eigenvalue weighted by atomic mass is 14.9. The van der Waals surface area contributed by atoms with E-state index in [4.69, 9.17) is 16.3 Å². The quantitative estimate of drug-likeness (QED) is 0.800. The number of nitrogens with two attached hydrogens (primary N) is 1. The molecule has 0 aliphatic carbocycles. The lowest BCUT2D eigenvalue weighted by Crippen LogP contribution is -1.96. The van der Waals surface area contributed by atoms with Gasteiger partial charge in [0.05, 0.1) is 11.1 Å². The van der Waals surface area contributed by atoms with Gasteiger partial charge < -0.3 is 11.1 Å². The summed E-state index contributed by atoms with van der Waals surface area (Å²) < 4.78 is 0. The minimum atomic E-state index is 0.362. The molecule has 3 N–H and O–H groups in total. The second kappa shape index (κ2) is 5.12. The highest BCUT2D eigenvalue weighted by molar-refractivity contribution is 5.68. The van der Waals surface area contributed by atoms with Crippen LogP contribution in [-0.2, 0) is 0 Å². The first kappa shape index (κ1) is 12.5. The fraction of sp³-hybridized carbons (Fsp3) is 0.0667. The highest BCUT2D eigenvalue weighted by Crippen LogP contribution is 2.23. The fourth-order valence-electron chi connectivity index (χ4n) is 1.79. The van der Waals surface area contributed by atoms with Crippen molar-refractivity contribution in [3.63, 3.8) is 0 Å². The molecule has 4 heteroatoms. The maximum absolute atomic E-state index is 8.99. The van der Waals surface area contributed by atoms with Crippen LogP contribution in [0, 0.1) is 29.6 Å². The number of hydrogen-bond donors (Lipinski definition) is 2. The van der Waals surface area contributed by atoms with Crippen molar-refractivity contribution >= 4 is 17.1 Å². The summed E-state index contributed by atoms with van der Waals surface area (Å²) in [5.74, 6) is 0. The lowest BCUT2D eigenvalue weighted by Gasteiger charge is -2.10. The Morgan fingerprint density at radius 3 is 2.37 bits per heavy atom. The number of nitriles is 2. The van der Waals surface area contributed by atoms with Gasteiger partial charge in [-0.1, -0.05) is 0 Å². The molecule has 19 heavy (non-hydrogen) atoms. The minimum Gasteiger partial charge on any atom is -0.399 e. The Labute approximate surface area is 111 Å². The second-order valence-electron chi connectivity index (χ2n) is 4.18. The number of benzene rings is 2. The van der Waals surface area contributed by atoms with E-state index in [0.29, 0.717) is 16.8 Å². The fourth-order valence-corrected chi connectivity index (χ4v) is 1.79. The summed E-state index contributed by atoms with van der Waals surface area (Å²) >= 11 is 0. The minimum absolute atomic E-state index is 0.362. The molecule has 0 heterocycles. The van der Waals surface area contributed by atoms with Crippen molar-refractivity contribution in [2.45, 2.75) is 6.92 Å². The Bertz CT molecular complexity index is 705. The molecule has 0 aromatic heterocycles. The predicted octanol–water partition coefficient (Wildman–Crippen LogP) is 3.06. The third-order valence-corrected chi connectivity index (χ3v) is 2.79. The van der Waals surface area contributed by atoms with Gasteiger partial charge in [0, 0.05) is 17.1 Å². The van der Waals surface area contributed by atoms with E-state index in [1.165, 1.54) is 0 Å². The van der Waals surface area contributed by atoms with Crippen molar-refractivity contribution in [1.82, 2.24) is 0 Å². The van der Waals surface area contributed by atoms with Crippen LogP contribution in [0.4, 0.5) is 17.1 Å². The van der Waals surface area contributed by atoms with Gasteiger partial charge in [-0.25, -0.2) is 0 Å². The van der Waals surface area contributed by atoms with Crippen LogP contribution in [-0.4, -0.2) is 0 Å². The first-order chi connectivity index (χ1) is 9.13. The number of nitrogen functional groups attached to an aromatic ring is 1. The van der Waals surface area contributed by atoms with Crippen LogP contribution in [0.5, 0.6) is 0 Å². The average Bonchev–Trinajstić information content (AvgIpc) is 2.41. The highest BCUT2D eigenvalue weighted by Gasteiger charge is 2.04. The van der Waals surface area contributed by atoms with Gasteiger partial charge in [0.2, 0.25) is 0 Å². The molecule has 0 spiro atoms. The van der Waals surface area contributed by atoms with Crippen molar-refractivity contribution in [3.05, 3.63) is 53.1 Å². The Hall–Kier alpha value is -2.98. The molecule has 0 saturated heterocycles. The number of aryl methyl sites for hydroxylation is 1. The van der Waals surface area contributed by atoms with E-state index in [1.807, 2.05) is 37.3 Å². The maximum Gasteiger partial charge on any atom is 0.101 e. The van der Waals surface area contributed by atoms with Crippen LogP contribution < -0.4 is 11.1 Å². The van der Waals surface area contributed by atoms with Gasteiger partial charge in [0.1, 0.15) is 12.1 Å². The zero-order valence-electron chi connectivity index (χ0n) is 10.4. The van der Waals surface area contributed by atoms with Crippen LogP contribution >= 0.6 is 0 Å². The first-order valence-electron chi connectivity index (χ1n) is 5.71. The Kier molecular flexibility index (Phi) is 3.36. The van der Waals surface area contributed by atoms with Gasteiger partial charge in [-0.2, -0.15) is 10.5 Å². The Balaban J connectivity index is 2.34. The summed E-state index contributed by atoms with van der Waals surface area (Å²) in [6.07, 6.45) is 0. The summed E-state index contributed by atoms with van der Waals surface area (Å²) in [6.45, 7) is 1.95. The first-order valence-corrected chi connectivity index (χ1v) is 5.71. The zero-order valence-corrected chi connectivity index (χ0v) is 10.4. The third-order valence-electron chi connectivity index (χ3n) is 2.79. The molecule has 92 valence electrons. The number of nitrogens with zero attached hydrogens (tertiary/aromatic N) is 2. The normalized spacial score (nSPS) is 9.42. The van der Waals surface area contributed by atoms with E-state index < -0.39 is 0 Å². The molecule has 2 rings (SSSR count). The molecule has 0 saturated carbocycles. The van der Waals surface area contributed by atoms with Gasteiger partial charge in [0.15, 0.2) is 0 Å². The van der Waals surface area contributed by atoms with Crippen LogP contribution in [0.25, 0.3) is 0 Å². The molecule has 4 nitrogen and oxygen atoms in total. The summed E-state index contributed by atoms with van der Waals surface area (Å²) in [5, 5.41) is 21.1. The number of hydrogen-bond acceptors (Lipinski definition) is 4. The SMILES string of the molecule is Cc1cc(N)ccc1Nc1ccc(C#N)c(C#N)c1. The maximum atomic E-state index is 8.99. The number of rotatable bonds is 2. The molecule has 0 aliphatic rings. The molecular formula is C15H12N4. The topological polar surface area (TPSA) is 85.6 Å². The molecule has 0 unspecified atom stereocenters. The lowest BCUT2D eigenvalue weighted by atomic mass is 10.1. The van der Waals surface area contributed by atoms with E-state index in [1.54, 1.807) is 18.2 Å². The number of anilines is 3. The monoisotopic (exact) mass is 248 g/mol. The van der Waals surface area contributed by atoms with Crippen molar-refractivity contribution in [3.8, 4) is 12.1 Å². The van der Waals surface area contributed by atoms with Crippen molar-refractivity contribution in [2.24, 2.45) is 0 Å². The predicted molar refractivity (Wildman–Crippen MR) is 74.7 cm³/mol. The lowest BCUT2D eigenvalue weighted by molar-refractivity contribution is 1.40. The standard InChI is InChI=1S/C15H12N4/c1-10-6-13(18)3-5-15(10)19-14-4-2-11(8-16)12(7-14)9-17/h2-7,19H,18H2,1H3. The average molecular weight is 248 g/mol. The van der Waals surface area contributed by atoms with E-state index in [-0.39, 0.29) is 0 Å². The molecule has 0 atom stereocenters. The smallest absolute Gasteiger partial charge is 0.101 e. The third kappa shape index (κ3) is 2.65. The van der Waals surface area contributed by atoms with E-state index >= 15 is 0 Å². The Morgan fingerprint density at radius 2 is 1.74 bits per heavy atom. The van der Waals surface area contributed by atoms with Crippen LogP contribution in [0.1, 0.15) is 16.7 Å². The van der Waals surface area contributed by atoms with Crippen molar-refractivity contribution in [1.29, 1.82) is 10.5 Å². The van der Waals surface area contributed by atoms with Crippen molar-refractivity contribution < 1.29 is 0 Å². The zero-order chi connectivity index (χ0) is 13.8. The largest absolute Gasteiger partial charge is 0.399 e. The summed E-state index contributed by atoms with van der Waals surface area (Å²) in [7, 11) is 0. The van der Waals surface area contributed by atoms with Gasteiger partial charge in [0.25, 0.3) is 0 Å². The van der Waals surface area contributed by atoms with E-state index in [2.05, 4.69) is 5.32 Å². The van der Waals surface area contributed by atoms with Gasteiger partial charge in [-0.3, -0.25) is 0 Å². The van der Waals surface area contributed by atoms with Gasteiger partial charge >= 0.3 is 0 Å². The molecule has 2 aromatic rings. The van der Waals surface area contributed by atoms with Crippen LogP contribution in [0.15, 0.2) is 36.4 Å². The van der Waals surface area contributed by atoms with Gasteiger partial charge in [-0.15, -0.1) is 0 Å². The van der Waals surface area contributed by atoms with Crippen molar-refractivity contribution in [2.75, 3.05) is 11.1 Å². The van der Waals surface area contributed by atoms with E-state index in [0.717, 1.165) is 16.9 Å². The summed E-state index contributed by atoms with van der Waals surface area (Å²) in [6, 6.07) is 14.6. The molecule has 0 radical (unpaired) electrons. The summed E-state index contributed by atoms with van der Waals surface area (Å²) in [5.41, 5.74) is 9.85. The second-order valence-corrected chi connectivity index (χ2v) is 4.18.